The van der Waals surface area contributed by atoms with Crippen LogP contribution in [0.1, 0.15) is 40.4 Å². The Morgan fingerprint density at radius 2 is 2.26 bits per heavy atom. The fourth-order valence-corrected chi connectivity index (χ4v) is 4.51. The van der Waals surface area contributed by atoms with E-state index in [1.165, 1.54) is 29.1 Å². The number of aliphatic imine (C=N–C) groups is 1. The topological polar surface area (TPSA) is 52.3 Å². The molecule has 2 aromatic heterocycles. The van der Waals surface area contributed by atoms with Gasteiger partial charge in [0, 0.05) is 22.2 Å². The molecule has 3 rings (SSSR count). The average molecular weight is 345 g/mol. The number of hydrogen-bond donors (Lipinski definition) is 0. The van der Waals surface area contributed by atoms with E-state index in [1.807, 2.05) is 12.3 Å². The van der Waals surface area contributed by atoms with Gasteiger partial charge in [0.1, 0.15) is 10.9 Å². The summed E-state index contributed by atoms with van der Waals surface area (Å²) < 4.78 is 0. The summed E-state index contributed by atoms with van der Waals surface area (Å²) in [4.78, 5) is 12.9. The minimum Gasteiger partial charge on any atom is -0.294 e. The molecule has 2 aromatic rings. The van der Waals surface area contributed by atoms with Crippen molar-refractivity contribution in [2.75, 3.05) is 19.6 Å². The first-order valence-corrected chi connectivity index (χ1v) is 9.63. The Balaban J connectivity index is 1.69. The average Bonchev–Trinajstić information content (AvgIpc) is 3.30. The quantitative estimate of drug-likeness (QED) is 0.744. The number of nitriles is 1. The molecule has 1 fully saturated rings. The minimum absolute atomic E-state index is 0.337. The van der Waals surface area contributed by atoms with Crippen molar-refractivity contribution in [3.63, 3.8) is 0 Å². The van der Waals surface area contributed by atoms with Crippen LogP contribution in [-0.2, 0) is 0 Å². The van der Waals surface area contributed by atoms with E-state index in [-0.39, 0.29) is 5.92 Å². The van der Waals surface area contributed by atoms with Gasteiger partial charge in [-0.3, -0.25) is 9.89 Å². The van der Waals surface area contributed by atoms with Crippen LogP contribution in [0.15, 0.2) is 27.9 Å². The van der Waals surface area contributed by atoms with Crippen LogP contribution in [0.3, 0.4) is 0 Å². The molecular weight excluding hydrogens is 324 g/mol. The lowest BCUT2D eigenvalue weighted by Crippen LogP contribution is -2.27. The van der Waals surface area contributed by atoms with Gasteiger partial charge in [-0.1, -0.05) is 6.07 Å². The van der Waals surface area contributed by atoms with Gasteiger partial charge in [0.25, 0.3) is 0 Å². The first kappa shape index (κ1) is 16.3. The van der Waals surface area contributed by atoms with Crippen LogP contribution in [0.2, 0.25) is 0 Å². The first-order valence-electron chi connectivity index (χ1n) is 7.87. The summed E-state index contributed by atoms with van der Waals surface area (Å²) >= 11 is 3.32. The molecule has 0 N–H and O–H groups in total. The summed E-state index contributed by atoms with van der Waals surface area (Å²) in [7, 11) is 0. The Hall–Kier alpha value is -1.55. The zero-order valence-corrected chi connectivity index (χ0v) is 14.8. The highest BCUT2D eigenvalue weighted by Crippen LogP contribution is 2.28. The van der Waals surface area contributed by atoms with E-state index in [0.717, 1.165) is 23.8 Å². The number of nitrogens with zero attached hydrogens (tertiary/aromatic N) is 4. The number of likely N-dealkylation sites (tertiary alicyclic amines) is 1. The molecule has 1 aliphatic heterocycles. The second kappa shape index (κ2) is 7.82. The molecule has 0 saturated carbocycles. The van der Waals surface area contributed by atoms with Crippen LogP contribution < -0.4 is 0 Å². The molecule has 0 amide bonds. The van der Waals surface area contributed by atoms with Crippen molar-refractivity contribution in [1.82, 2.24) is 9.88 Å². The Morgan fingerprint density at radius 1 is 1.43 bits per heavy atom. The molecule has 3 heterocycles. The van der Waals surface area contributed by atoms with Gasteiger partial charge in [0.15, 0.2) is 0 Å². The van der Waals surface area contributed by atoms with Gasteiger partial charge in [-0.2, -0.15) is 5.26 Å². The predicted molar refractivity (Wildman–Crippen MR) is 96.4 cm³/mol. The molecule has 0 aromatic carbocycles. The normalized spacial score (nSPS) is 18.3. The maximum Gasteiger partial charge on any atom is 0.133 e. The molecule has 0 spiro atoms. The minimum atomic E-state index is -0.337. The van der Waals surface area contributed by atoms with E-state index in [4.69, 9.17) is 0 Å². The van der Waals surface area contributed by atoms with Crippen molar-refractivity contribution in [3.05, 3.63) is 38.5 Å². The van der Waals surface area contributed by atoms with Gasteiger partial charge in [-0.05, 0) is 44.3 Å². The molecule has 23 heavy (non-hydrogen) atoms. The Bertz CT molecular complexity index is 678. The monoisotopic (exact) mass is 344 g/mol. The van der Waals surface area contributed by atoms with E-state index in [1.54, 1.807) is 17.6 Å². The summed E-state index contributed by atoms with van der Waals surface area (Å²) in [6.45, 7) is 4.95. The van der Waals surface area contributed by atoms with E-state index >= 15 is 0 Å². The van der Waals surface area contributed by atoms with E-state index in [2.05, 4.69) is 38.5 Å². The van der Waals surface area contributed by atoms with E-state index in [9.17, 15) is 5.26 Å². The van der Waals surface area contributed by atoms with Gasteiger partial charge < -0.3 is 0 Å². The van der Waals surface area contributed by atoms with Crippen LogP contribution in [-0.4, -0.2) is 35.7 Å². The molecule has 0 bridgehead atoms. The number of thiophene rings is 1. The zero-order valence-electron chi connectivity index (χ0n) is 13.2. The second-order valence-electron chi connectivity index (χ2n) is 5.72. The molecule has 0 unspecified atom stereocenters. The van der Waals surface area contributed by atoms with Gasteiger partial charge in [0.05, 0.1) is 18.7 Å². The highest BCUT2D eigenvalue weighted by atomic mass is 32.1. The smallest absolute Gasteiger partial charge is 0.133 e. The van der Waals surface area contributed by atoms with Gasteiger partial charge in [0.2, 0.25) is 0 Å². The lowest BCUT2D eigenvalue weighted by molar-refractivity contribution is 0.255. The third kappa shape index (κ3) is 4.05. The lowest BCUT2D eigenvalue weighted by Gasteiger charge is -2.25. The van der Waals surface area contributed by atoms with Crippen molar-refractivity contribution in [2.24, 2.45) is 4.99 Å². The molecule has 1 saturated heterocycles. The first-order chi connectivity index (χ1) is 11.3. The van der Waals surface area contributed by atoms with Crippen molar-refractivity contribution in [1.29, 1.82) is 5.26 Å². The van der Waals surface area contributed by atoms with E-state index in [0.29, 0.717) is 12.6 Å². The standard InChI is InChI=1S/C17H20N4S2/c1-13-12-23-17(20-13)14(9-18)10-19-11-15(16-5-4-8-22-16)21-6-2-3-7-21/h4-5,8,10,12,14-15H,2-3,6-7,11H2,1H3/t14-,15-/m0/s1. The van der Waals surface area contributed by atoms with Crippen LogP contribution in [0.4, 0.5) is 0 Å². The van der Waals surface area contributed by atoms with Crippen LogP contribution in [0, 0.1) is 18.3 Å². The summed E-state index contributed by atoms with van der Waals surface area (Å²) in [6, 6.07) is 6.93. The Kier molecular flexibility index (Phi) is 5.55. The number of rotatable bonds is 6. The van der Waals surface area contributed by atoms with Crippen molar-refractivity contribution in [2.45, 2.75) is 31.7 Å². The molecule has 120 valence electrons. The third-order valence-corrected chi connectivity index (χ3v) is 6.05. The summed E-state index contributed by atoms with van der Waals surface area (Å²) in [5.74, 6) is -0.337. The third-order valence-electron chi connectivity index (χ3n) is 4.03. The van der Waals surface area contributed by atoms with Gasteiger partial charge in [-0.25, -0.2) is 4.98 Å². The molecule has 4 nitrogen and oxygen atoms in total. The van der Waals surface area contributed by atoms with Gasteiger partial charge in [-0.15, -0.1) is 22.7 Å². The van der Waals surface area contributed by atoms with E-state index < -0.39 is 0 Å². The number of aromatic nitrogens is 1. The van der Waals surface area contributed by atoms with Crippen LogP contribution >= 0.6 is 22.7 Å². The number of hydrogen-bond acceptors (Lipinski definition) is 6. The largest absolute Gasteiger partial charge is 0.294 e. The Morgan fingerprint density at radius 3 is 2.87 bits per heavy atom. The Labute approximate surface area is 145 Å². The number of aryl methyl sites for hydroxylation is 1. The molecule has 0 radical (unpaired) electrons. The maximum absolute atomic E-state index is 9.37. The van der Waals surface area contributed by atoms with Crippen molar-refractivity contribution >= 4 is 28.9 Å². The summed E-state index contributed by atoms with van der Waals surface area (Å²) in [6.07, 6.45) is 4.31. The van der Waals surface area contributed by atoms with Crippen LogP contribution in [0.5, 0.6) is 0 Å². The lowest BCUT2D eigenvalue weighted by atomic mass is 10.2. The summed E-state index contributed by atoms with van der Waals surface area (Å²) in [5, 5.41) is 14.3. The predicted octanol–water partition coefficient (Wildman–Crippen LogP) is 4.03. The van der Waals surface area contributed by atoms with Crippen molar-refractivity contribution < 1.29 is 0 Å². The highest BCUT2D eigenvalue weighted by molar-refractivity contribution is 7.10. The molecule has 0 aliphatic carbocycles. The summed E-state index contributed by atoms with van der Waals surface area (Å²) in [5.41, 5.74) is 0.965. The molecular formula is C17H20N4S2. The molecule has 2 atom stereocenters. The second-order valence-corrected chi connectivity index (χ2v) is 7.59. The zero-order chi connectivity index (χ0) is 16.1. The number of thiazole rings is 1. The van der Waals surface area contributed by atoms with Crippen molar-refractivity contribution in [3.8, 4) is 6.07 Å². The fraction of sp³-hybridized carbons (Fsp3) is 0.471. The van der Waals surface area contributed by atoms with Gasteiger partial charge >= 0.3 is 0 Å². The highest BCUT2D eigenvalue weighted by Gasteiger charge is 2.24. The molecule has 6 heteroatoms. The fourth-order valence-electron chi connectivity index (χ4n) is 2.85. The SMILES string of the molecule is Cc1csc([C@@H](C#N)C=NC[C@@H](c2cccs2)N2CCCC2)n1. The van der Waals surface area contributed by atoms with Crippen LogP contribution in [0.25, 0.3) is 0 Å². The molecule has 1 aliphatic rings. The maximum atomic E-state index is 9.37.